The molecule has 0 saturated carbocycles. The maximum Gasteiger partial charge on any atom is 0.279 e. The van der Waals surface area contributed by atoms with E-state index in [0.717, 1.165) is 16.9 Å². The first-order chi connectivity index (χ1) is 7.18. The number of benzene rings is 1. The van der Waals surface area contributed by atoms with Crippen molar-refractivity contribution in [2.45, 2.75) is 0 Å². The Labute approximate surface area is 89.7 Å². The van der Waals surface area contributed by atoms with E-state index in [2.05, 4.69) is 10.2 Å². The van der Waals surface area contributed by atoms with Crippen LogP contribution >= 0.6 is 11.3 Å². The molecule has 0 radical (unpaired) electrons. The lowest BCUT2D eigenvalue weighted by Crippen LogP contribution is -2.10. The van der Waals surface area contributed by atoms with Gasteiger partial charge in [-0.05, 0) is 12.1 Å². The summed E-state index contributed by atoms with van der Waals surface area (Å²) in [6.07, 6.45) is 0. The van der Waals surface area contributed by atoms with Gasteiger partial charge in [0.2, 0.25) is 5.01 Å². The Bertz CT molecular complexity index is 508. The van der Waals surface area contributed by atoms with Crippen LogP contribution in [0.2, 0.25) is 0 Å². The molecule has 4 N–H and O–H groups in total. The molecule has 1 aromatic heterocycles. The zero-order valence-electron chi connectivity index (χ0n) is 7.68. The quantitative estimate of drug-likeness (QED) is 0.734. The predicted molar refractivity (Wildman–Crippen MR) is 58.3 cm³/mol. The molecule has 0 saturated heterocycles. The molecule has 1 amide bonds. The van der Waals surface area contributed by atoms with Crippen LogP contribution in [0, 0.1) is 0 Å². The summed E-state index contributed by atoms with van der Waals surface area (Å²) in [6.45, 7) is 0. The Balaban J connectivity index is 2.46. The molecule has 0 aliphatic carbocycles. The Morgan fingerprint density at radius 1 is 1.27 bits per heavy atom. The fraction of sp³-hybridized carbons (Fsp3) is 0. The normalized spacial score (nSPS) is 10.1. The van der Waals surface area contributed by atoms with Crippen LogP contribution in [0.4, 0.5) is 5.69 Å². The molecule has 1 heterocycles. The van der Waals surface area contributed by atoms with Crippen LogP contribution in [0.15, 0.2) is 24.3 Å². The van der Waals surface area contributed by atoms with Crippen LogP contribution in [0.1, 0.15) is 9.80 Å². The SMILES string of the molecule is NC(=O)c1nnc(-c2ccccc2N)s1. The smallest absolute Gasteiger partial charge is 0.279 e. The van der Waals surface area contributed by atoms with Crippen LogP contribution < -0.4 is 11.5 Å². The first-order valence-corrected chi connectivity index (χ1v) is 4.98. The van der Waals surface area contributed by atoms with Gasteiger partial charge in [0.05, 0.1) is 0 Å². The molecular weight excluding hydrogens is 212 g/mol. The topological polar surface area (TPSA) is 94.9 Å². The number of carbonyl (C=O) groups excluding carboxylic acids is 1. The lowest BCUT2D eigenvalue weighted by molar-refractivity contribution is 0.0999. The minimum absolute atomic E-state index is 0.188. The van der Waals surface area contributed by atoms with E-state index in [0.29, 0.717) is 10.7 Å². The Morgan fingerprint density at radius 3 is 2.60 bits per heavy atom. The van der Waals surface area contributed by atoms with Crippen molar-refractivity contribution < 1.29 is 4.79 Å². The lowest BCUT2D eigenvalue weighted by atomic mass is 10.2. The van der Waals surface area contributed by atoms with Gasteiger partial charge in [-0.3, -0.25) is 4.79 Å². The average Bonchev–Trinajstić information content (AvgIpc) is 2.67. The second-order valence-electron chi connectivity index (χ2n) is 2.86. The molecule has 1 aromatic carbocycles. The molecular formula is C9H8N4OS. The monoisotopic (exact) mass is 220 g/mol. The number of hydrogen-bond donors (Lipinski definition) is 2. The molecule has 0 atom stereocenters. The predicted octanol–water partition coefficient (Wildman–Crippen LogP) is 0.886. The molecule has 0 aliphatic rings. The molecule has 0 aliphatic heterocycles. The van der Waals surface area contributed by atoms with Gasteiger partial charge in [-0.25, -0.2) is 0 Å². The van der Waals surface area contributed by atoms with Gasteiger partial charge in [0.15, 0.2) is 0 Å². The van der Waals surface area contributed by atoms with Gasteiger partial charge >= 0.3 is 0 Å². The summed E-state index contributed by atoms with van der Waals surface area (Å²) in [5, 5.41) is 8.31. The molecule has 0 bridgehead atoms. The fourth-order valence-corrected chi connectivity index (χ4v) is 1.87. The molecule has 0 fully saturated rings. The Morgan fingerprint density at radius 2 is 2.00 bits per heavy atom. The summed E-state index contributed by atoms with van der Waals surface area (Å²) in [5.74, 6) is -0.576. The Kier molecular flexibility index (Phi) is 2.34. The number of hydrogen-bond acceptors (Lipinski definition) is 5. The number of rotatable bonds is 2. The number of carbonyl (C=O) groups is 1. The number of nitrogen functional groups attached to an aromatic ring is 1. The van der Waals surface area contributed by atoms with Crippen LogP contribution in [0.3, 0.4) is 0 Å². The van der Waals surface area contributed by atoms with Gasteiger partial charge in [-0.1, -0.05) is 23.5 Å². The molecule has 0 unspecified atom stereocenters. The summed E-state index contributed by atoms with van der Waals surface area (Å²) in [4.78, 5) is 10.8. The van der Waals surface area contributed by atoms with Crippen molar-refractivity contribution >= 4 is 22.9 Å². The molecule has 2 rings (SSSR count). The Hall–Kier alpha value is -1.95. The van der Waals surface area contributed by atoms with E-state index in [1.165, 1.54) is 0 Å². The van der Waals surface area contributed by atoms with E-state index < -0.39 is 5.91 Å². The fourth-order valence-electron chi connectivity index (χ4n) is 1.12. The van der Waals surface area contributed by atoms with Crippen molar-refractivity contribution in [3.8, 4) is 10.6 Å². The van der Waals surface area contributed by atoms with Gasteiger partial charge in [0, 0.05) is 11.3 Å². The number of primary amides is 1. The van der Waals surface area contributed by atoms with Crippen molar-refractivity contribution in [2.24, 2.45) is 5.73 Å². The van der Waals surface area contributed by atoms with E-state index in [4.69, 9.17) is 11.5 Å². The van der Waals surface area contributed by atoms with Gasteiger partial charge < -0.3 is 11.5 Å². The van der Waals surface area contributed by atoms with Gasteiger partial charge in [-0.2, -0.15) is 0 Å². The summed E-state index contributed by atoms with van der Waals surface area (Å²) < 4.78 is 0. The van der Waals surface area contributed by atoms with Gasteiger partial charge in [-0.15, -0.1) is 10.2 Å². The molecule has 2 aromatic rings. The van der Waals surface area contributed by atoms with Crippen LogP contribution in [0.5, 0.6) is 0 Å². The molecule has 0 spiro atoms. The molecule has 15 heavy (non-hydrogen) atoms. The number of nitrogens with two attached hydrogens (primary N) is 2. The van der Waals surface area contributed by atoms with Gasteiger partial charge in [0.25, 0.3) is 5.91 Å². The van der Waals surface area contributed by atoms with E-state index in [1.54, 1.807) is 6.07 Å². The average molecular weight is 220 g/mol. The standard InChI is InChI=1S/C9H8N4OS/c10-6-4-2-1-3-5(6)8-12-13-9(15-8)7(11)14/h1-4H,10H2,(H2,11,14). The van der Waals surface area contributed by atoms with Crippen LogP contribution in [0.25, 0.3) is 10.6 Å². The minimum Gasteiger partial charge on any atom is -0.398 e. The largest absolute Gasteiger partial charge is 0.398 e. The van der Waals surface area contributed by atoms with E-state index >= 15 is 0 Å². The zero-order chi connectivity index (χ0) is 10.8. The van der Waals surface area contributed by atoms with Crippen LogP contribution in [-0.4, -0.2) is 16.1 Å². The first kappa shape index (κ1) is 9.60. The van der Waals surface area contributed by atoms with Crippen molar-refractivity contribution in [1.29, 1.82) is 0 Å². The van der Waals surface area contributed by atoms with Crippen molar-refractivity contribution in [2.75, 3.05) is 5.73 Å². The summed E-state index contributed by atoms with van der Waals surface area (Å²) in [7, 11) is 0. The summed E-state index contributed by atoms with van der Waals surface area (Å²) >= 11 is 1.13. The second-order valence-corrected chi connectivity index (χ2v) is 3.84. The van der Waals surface area contributed by atoms with Crippen LogP contribution in [-0.2, 0) is 0 Å². The first-order valence-electron chi connectivity index (χ1n) is 4.16. The van der Waals surface area contributed by atoms with E-state index in [9.17, 15) is 4.79 Å². The van der Waals surface area contributed by atoms with Crippen molar-refractivity contribution in [1.82, 2.24) is 10.2 Å². The summed E-state index contributed by atoms with van der Waals surface area (Å²) in [5.41, 5.74) is 12.2. The highest BCUT2D eigenvalue weighted by Crippen LogP contribution is 2.27. The third kappa shape index (κ3) is 1.79. The number of aromatic nitrogens is 2. The molecule has 76 valence electrons. The van der Waals surface area contributed by atoms with Gasteiger partial charge in [0.1, 0.15) is 5.01 Å². The highest BCUT2D eigenvalue weighted by molar-refractivity contribution is 7.16. The number of para-hydroxylation sites is 1. The minimum atomic E-state index is -0.576. The van der Waals surface area contributed by atoms with Crippen molar-refractivity contribution in [3.63, 3.8) is 0 Å². The highest BCUT2D eigenvalue weighted by atomic mass is 32.1. The maximum atomic E-state index is 10.8. The number of amides is 1. The number of anilines is 1. The summed E-state index contributed by atoms with van der Waals surface area (Å²) in [6, 6.07) is 7.26. The molecule has 5 nitrogen and oxygen atoms in total. The number of nitrogens with zero attached hydrogens (tertiary/aromatic N) is 2. The van der Waals surface area contributed by atoms with E-state index in [1.807, 2.05) is 18.2 Å². The third-order valence-electron chi connectivity index (χ3n) is 1.83. The highest BCUT2D eigenvalue weighted by Gasteiger charge is 2.11. The molecule has 6 heteroatoms. The second kappa shape index (κ2) is 3.66. The van der Waals surface area contributed by atoms with Crippen molar-refractivity contribution in [3.05, 3.63) is 29.3 Å². The maximum absolute atomic E-state index is 10.8. The van der Waals surface area contributed by atoms with E-state index in [-0.39, 0.29) is 5.01 Å². The lowest BCUT2D eigenvalue weighted by Gasteiger charge is -1.98. The zero-order valence-corrected chi connectivity index (χ0v) is 8.49. The third-order valence-corrected chi connectivity index (χ3v) is 2.80.